The van der Waals surface area contributed by atoms with Crippen LogP contribution in [-0.4, -0.2) is 34.0 Å². The predicted molar refractivity (Wildman–Crippen MR) is 55.3 cm³/mol. The highest BCUT2D eigenvalue weighted by Gasteiger charge is 2.24. The Kier molecular flexibility index (Phi) is 4.25. The number of nitrogens with one attached hydrogen (secondary N) is 1. The largest absolute Gasteiger partial charge is 0.480 e. The van der Waals surface area contributed by atoms with Crippen LogP contribution in [0.1, 0.15) is 26.2 Å². The number of amides is 1. The average molecular weight is 217 g/mol. The maximum Gasteiger partial charge on any atom is 0.316 e. The highest BCUT2D eigenvalue weighted by molar-refractivity contribution is 8.01. The molecule has 4 nitrogen and oxygen atoms in total. The van der Waals surface area contributed by atoms with E-state index < -0.39 is 11.2 Å². The van der Waals surface area contributed by atoms with Crippen LogP contribution in [0.4, 0.5) is 0 Å². The van der Waals surface area contributed by atoms with Crippen LogP contribution in [0.5, 0.6) is 0 Å². The van der Waals surface area contributed by atoms with E-state index in [1.165, 1.54) is 11.8 Å². The molecular formula is C9H15NO3S. The van der Waals surface area contributed by atoms with Gasteiger partial charge in [-0.1, -0.05) is 6.92 Å². The molecule has 0 radical (unpaired) electrons. The summed E-state index contributed by atoms with van der Waals surface area (Å²) in [5.74, 6) is -0.629. The fraction of sp³-hybridized carbons (Fsp3) is 0.778. The summed E-state index contributed by atoms with van der Waals surface area (Å²) in [6, 6.07) is 0.355. The number of carboxylic acids is 1. The van der Waals surface area contributed by atoms with Crippen molar-refractivity contribution >= 4 is 23.6 Å². The molecular weight excluding hydrogens is 202 g/mol. The summed E-state index contributed by atoms with van der Waals surface area (Å²) in [7, 11) is 0. The Morgan fingerprint density at radius 3 is 2.64 bits per heavy atom. The Balaban J connectivity index is 2.16. The van der Waals surface area contributed by atoms with Crippen LogP contribution in [0, 0.1) is 0 Å². The van der Waals surface area contributed by atoms with Crippen LogP contribution in [0.15, 0.2) is 0 Å². The molecule has 0 aromatic carbocycles. The van der Waals surface area contributed by atoms with E-state index in [2.05, 4.69) is 5.32 Å². The van der Waals surface area contributed by atoms with Gasteiger partial charge in [0.25, 0.3) is 0 Å². The molecule has 1 aliphatic carbocycles. The number of hydrogen-bond donors (Lipinski definition) is 2. The normalized spacial score (nSPS) is 17.5. The van der Waals surface area contributed by atoms with E-state index in [9.17, 15) is 9.59 Å². The van der Waals surface area contributed by atoms with Gasteiger partial charge in [-0.15, -0.1) is 11.8 Å². The SMILES string of the molecule is CCC(SCC(=O)NC1CC1)C(=O)O. The molecule has 0 spiro atoms. The lowest BCUT2D eigenvalue weighted by Crippen LogP contribution is -2.28. The van der Waals surface area contributed by atoms with E-state index in [0.29, 0.717) is 12.5 Å². The Morgan fingerprint density at radius 2 is 2.21 bits per heavy atom. The van der Waals surface area contributed by atoms with Crippen molar-refractivity contribution in [3.8, 4) is 0 Å². The molecule has 0 aromatic heterocycles. The summed E-state index contributed by atoms with van der Waals surface area (Å²) in [4.78, 5) is 21.8. The summed E-state index contributed by atoms with van der Waals surface area (Å²) < 4.78 is 0. The van der Waals surface area contributed by atoms with E-state index in [4.69, 9.17) is 5.11 Å². The van der Waals surface area contributed by atoms with Crippen LogP contribution < -0.4 is 5.32 Å². The van der Waals surface area contributed by atoms with Crippen LogP contribution in [0.25, 0.3) is 0 Å². The Hall–Kier alpha value is -0.710. The fourth-order valence-corrected chi connectivity index (χ4v) is 1.85. The minimum atomic E-state index is -0.836. The molecule has 0 aromatic rings. The number of carboxylic acid groups (broad SMARTS) is 1. The molecule has 2 N–H and O–H groups in total. The van der Waals surface area contributed by atoms with E-state index >= 15 is 0 Å². The number of hydrogen-bond acceptors (Lipinski definition) is 3. The van der Waals surface area contributed by atoms with Gasteiger partial charge in [-0.05, 0) is 19.3 Å². The first-order chi connectivity index (χ1) is 6.63. The quantitative estimate of drug-likeness (QED) is 0.692. The molecule has 0 saturated heterocycles. The second kappa shape index (κ2) is 5.24. The second-order valence-corrected chi connectivity index (χ2v) is 4.58. The van der Waals surface area contributed by atoms with Crippen molar-refractivity contribution < 1.29 is 14.7 Å². The summed E-state index contributed by atoms with van der Waals surface area (Å²) in [5, 5.41) is 11.1. The first kappa shape index (κ1) is 11.4. The molecule has 1 rings (SSSR count). The van der Waals surface area contributed by atoms with Crippen LogP contribution in [0.2, 0.25) is 0 Å². The summed E-state index contributed by atoms with van der Waals surface area (Å²) in [5.41, 5.74) is 0. The summed E-state index contributed by atoms with van der Waals surface area (Å²) >= 11 is 1.20. The highest BCUT2D eigenvalue weighted by atomic mass is 32.2. The van der Waals surface area contributed by atoms with Crippen molar-refractivity contribution in [2.45, 2.75) is 37.5 Å². The highest BCUT2D eigenvalue weighted by Crippen LogP contribution is 2.19. The first-order valence-corrected chi connectivity index (χ1v) is 5.82. The monoisotopic (exact) mass is 217 g/mol. The molecule has 1 unspecified atom stereocenters. The fourth-order valence-electron chi connectivity index (χ4n) is 1.04. The molecule has 0 aliphatic heterocycles. The number of thioether (sulfide) groups is 1. The van der Waals surface area contributed by atoms with Crippen molar-refractivity contribution in [1.29, 1.82) is 0 Å². The van der Waals surface area contributed by atoms with Crippen LogP contribution in [0.3, 0.4) is 0 Å². The van der Waals surface area contributed by atoms with Crippen molar-refractivity contribution in [3.63, 3.8) is 0 Å². The van der Waals surface area contributed by atoms with Gasteiger partial charge in [-0.25, -0.2) is 0 Å². The van der Waals surface area contributed by atoms with E-state index in [1.54, 1.807) is 0 Å². The molecule has 0 heterocycles. The lowest BCUT2D eigenvalue weighted by atomic mass is 10.3. The van der Waals surface area contributed by atoms with Gasteiger partial charge < -0.3 is 10.4 Å². The van der Waals surface area contributed by atoms with Crippen molar-refractivity contribution in [2.75, 3.05) is 5.75 Å². The molecule has 1 fully saturated rings. The first-order valence-electron chi connectivity index (χ1n) is 4.77. The molecule has 0 bridgehead atoms. The molecule has 1 saturated carbocycles. The minimum absolute atomic E-state index is 0.0443. The van der Waals surface area contributed by atoms with E-state index in [-0.39, 0.29) is 11.7 Å². The van der Waals surface area contributed by atoms with Gasteiger partial charge in [-0.2, -0.15) is 0 Å². The van der Waals surface area contributed by atoms with Crippen molar-refractivity contribution in [2.24, 2.45) is 0 Å². The zero-order valence-electron chi connectivity index (χ0n) is 8.16. The smallest absolute Gasteiger partial charge is 0.316 e. The Labute approximate surface area is 87.4 Å². The molecule has 1 aliphatic rings. The molecule has 5 heteroatoms. The second-order valence-electron chi connectivity index (χ2n) is 3.39. The molecule has 14 heavy (non-hydrogen) atoms. The van der Waals surface area contributed by atoms with Gasteiger partial charge in [0.1, 0.15) is 5.25 Å². The maximum absolute atomic E-state index is 11.2. The van der Waals surface area contributed by atoms with Gasteiger partial charge >= 0.3 is 5.97 Å². The topological polar surface area (TPSA) is 66.4 Å². The van der Waals surface area contributed by atoms with Crippen LogP contribution >= 0.6 is 11.8 Å². The Bertz CT molecular complexity index is 228. The van der Waals surface area contributed by atoms with Gasteiger partial charge in [0.2, 0.25) is 5.91 Å². The zero-order valence-corrected chi connectivity index (χ0v) is 8.97. The molecule has 80 valence electrons. The number of rotatable bonds is 6. The maximum atomic E-state index is 11.2. The lowest BCUT2D eigenvalue weighted by molar-refractivity contribution is -0.136. The van der Waals surface area contributed by atoms with Gasteiger partial charge in [0, 0.05) is 6.04 Å². The standard InChI is InChI=1S/C9H15NO3S/c1-2-7(9(12)13)14-5-8(11)10-6-3-4-6/h6-7H,2-5H2,1H3,(H,10,11)(H,12,13). The number of aliphatic carboxylic acids is 1. The number of carbonyl (C=O) groups is 2. The van der Waals surface area contributed by atoms with Gasteiger partial charge in [-0.3, -0.25) is 9.59 Å². The van der Waals surface area contributed by atoms with E-state index in [0.717, 1.165) is 12.8 Å². The number of carbonyl (C=O) groups excluding carboxylic acids is 1. The summed E-state index contributed by atoms with van der Waals surface area (Å²) in [6.45, 7) is 1.81. The van der Waals surface area contributed by atoms with Gasteiger partial charge in [0.15, 0.2) is 0 Å². The predicted octanol–water partition coefficient (Wildman–Crippen LogP) is 0.861. The summed E-state index contributed by atoms with van der Waals surface area (Å²) in [6.07, 6.45) is 2.68. The van der Waals surface area contributed by atoms with Gasteiger partial charge in [0.05, 0.1) is 5.75 Å². The molecule has 1 amide bonds. The van der Waals surface area contributed by atoms with E-state index in [1.807, 2.05) is 6.92 Å². The van der Waals surface area contributed by atoms with Crippen LogP contribution in [-0.2, 0) is 9.59 Å². The third kappa shape index (κ3) is 4.00. The Morgan fingerprint density at radius 1 is 1.57 bits per heavy atom. The third-order valence-corrected chi connectivity index (χ3v) is 3.37. The van der Waals surface area contributed by atoms with Crippen molar-refractivity contribution in [1.82, 2.24) is 5.32 Å². The zero-order chi connectivity index (χ0) is 10.6. The minimum Gasteiger partial charge on any atom is -0.480 e. The van der Waals surface area contributed by atoms with Crippen molar-refractivity contribution in [3.05, 3.63) is 0 Å². The average Bonchev–Trinajstić information content (AvgIpc) is 2.88. The molecule has 1 atom stereocenters. The third-order valence-electron chi connectivity index (χ3n) is 2.00. The lowest BCUT2D eigenvalue weighted by Gasteiger charge is -2.08.